The summed E-state index contributed by atoms with van der Waals surface area (Å²) < 4.78 is 0. The van der Waals surface area contributed by atoms with Gasteiger partial charge >= 0.3 is 0 Å². The SMILES string of the molecule is CC(C(=O)c1ccccc1N1CCNCC1)C1(C)CNCCN1. The summed E-state index contributed by atoms with van der Waals surface area (Å²) in [7, 11) is 0. The number of ketones is 1. The lowest BCUT2D eigenvalue weighted by molar-refractivity contribution is 0.0831. The summed E-state index contributed by atoms with van der Waals surface area (Å²) in [6, 6.07) is 8.07. The van der Waals surface area contributed by atoms with Crippen molar-refractivity contribution in [3.8, 4) is 0 Å². The van der Waals surface area contributed by atoms with Gasteiger partial charge in [0.05, 0.1) is 0 Å². The molecule has 0 bridgehead atoms. The smallest absolute Gasteiger partial charge is 0.169 e. The van der Waals surface area contributed by atoms with Crippen LogP contribution in [-0.2, 0) is 0 Å². The molecule has 1 aromatic rings. The van der Waals surface area contributed by atoms with Crippen molar-refractivity contribution in [1.82, 2.24) is 16.0 Å². The third-order valence-corrected chi connectivity index (χ3v) is 5.30. The standard InChI is InChI=1S/C18H28N4O/c1-14(18(2)13-20-7-8-21-18)17(23)15-5-3-4-6-16(15)22-11-9-19-10-12-22/h3-6,14,19-21H,7-13H2,1-2H3. The van der Waals surface area contributed by atoms with Gasteiger partial charge in [-0.1, -0.05) is 19.1 Å². The summed E-state index contributed by atoms with van der Waals surface area (Å²) in [4.78, 5) is 15.5. The molecule has 2 aliphatic rings. The van der Waals surface area contributed by atoms with Gasteiger partial charge in [0.15, 0.2) is 5.78 Å². The van der Waals surface area contributed by atoms with E-state index < -0.39 is 0 Å². The Morgan fingerprint density at radius 2 is 1.87 bits per heavy atom. The van der Waals surface area contributed by atoms with Crippen molar-refractivity contribution in [2.45, 2.75) is 19.4 Å². The van der Waals surface area contributed by atoms with Gasteiger partial charge in [-0.05, 0) is 19.1 Å². The van der Waals surface area contributed by atoms with Crippen molar-refractivity contribution >= 4 is 11.5 Å². The molecule has 0 radical (unpaired) electrons. The largest absolute Gasteiger partial charge is 0.368 e. The van der Waals surface area contributed by atoms with Crippen LogP contribution in [0.5, 0.6) is 0 Å². The Balaban J connectivity index is 1.84. The van der Waals surface area contributed by atoms with Crippen LogP contribution in [0.25, 0.3) is 0 Å². The number of rotatable bonds is 4. The molecule has 0 aromatic heterocycles. The quantitative estimate of drug-likeness (QED) is 0.720. The van der Waals surface area contributed by atoms with Crippen LogP contribution in [0.3, 0.4) is 0 Å². The minimum Gasteiger partial charge on any atom is -0.368 e. The summed E-state index contributed by atoms with van der Waals surface area (Å²) in [6.45, 7) is 10.8. The summed E-state index contributed by atoms with van der Waals surface area (Å²) >= 11 is 0. The Kier molecular flexibility index (Phi) is 4.99. The maximum atomic E-state index is 13.2. The Labute approximate surface area is 138 Å². The molecular weight excluding hydrogens is 288 g/mol. The number of Topliss-reactive ketones (excluding diaryl/α,β-unsaturated/α-hetero) is 1. The van der Waals surface area contributed by atoms with Gasteiger partial charge in [0.25, 0.3) is 0 Å². The monoisotopic (exact) mass is 316 g/mol. The molecule has 2 aliphatic heterocycles. The van der Waals surface area contributed by atoms with Gasteiger partial charge in [-0.3, -0.25) is 4.79 Å². The second-order valence-corrected chi connectivity index (χ2v) is 6.86. The molecule has 5 heteroatoms. The number of nitrogens with zero attached hydrogens (tertiary/aromatic N) is 1. The predicted molar refractivity (Wildman–Crippen MR) is 94.3 cm³/mol. The summed E-state index contributed by atoms with van der Waals surface area (Å²) in [5.41, 5.74) is 1.75. The van der Waals surface area contributed by atoms with Crippen molar-refractivity contribution in [3.63, 3.8) is 0 Å². The van der Waals surface area contributed by atoms with E-state index in [1.165, 1.54) is 0 Å². The Morgan fingerprint density at radius 3 is 2.57 bits per heavy atom. The van der Waals surface area contributed by atoms with Gasteiger partial charge in [-0.15, -0.1) is 0 Å². The van der Waals surface area contributed by atoms with E-state index in [9.17, 15) is 4.79 Å². The number of hydrogen-bond donors (Lipinski definition) is 3. The van der Waals surface area contributed by atoms with E-state index in [0.717, 1.165) is 57.1 Å². The maximum Gasteiger partial charge on any atom is 0.169 e. The third kappa shape index (κ3) is 3.42. The molecule has 23 heavy (non-hydrogen) atoms. The normalized spacial score (nSPS) is 26.8. The molecule has 2 atom stereocenters. The highest BCUT2D eigenvalue weighted by molar-refractivity contribution is 6.03. The van der Waals surface area contributed by atoms with Gasteiger partial charge < -0.3 is 20.9 Å². The maximum absolute atomic E-state index is 13.2. The van der Waals surface area contributed by atoms with E-state index >= 15 is 0 Å². The lowest BCUT2D eigenvalue weighted by Gasteiger charge is -2.40. The van der Waals surface area contributed by atoms with Crippen LogP contribution in [0, 0.1) is 5.92 Å². The molecular formula is C18H28N4O. The molecule has 126 valence electrons. The number of anilines is 1. The zero-order chi connectivity index (χ0) is 16.3. The lowest BCUT2D eigenvalue weighted by Crippen LogP contribution is -2.62. The van der Waals surface area contributed by atoms with Crippen LogP contribution >= 0.6 is 0 Å². The zero-order valence-corrected chi connectivity index (χ0v) is 14.2. The molecule has 2 unspecified atom stereocenters. The molecule has 5 nitrogen and oxygen atoms in total. The number of piperazine rings is 2. The van der Waals surface area contributed by atoms with Crippen molar-refractivity contribution in [2.75, 3.05) is 50.7 Å². The minimum atomic E-state index is -0.189. The first kappa shape index (κ1) is 16.4. The first-order valence-electron chi connectivity index (χ1n) is 8.66. The molecule has 0 aliphatic carbocycles. The number of carbonyl (C=O) groups is 1. The molecule has 1 aromatic carbocycles. The number of benzene rings is 1. The van der Waals surface area contributed by atoms with Gasteiger partial charge in [0.2, 0.25) is 0 Å². The third-order valence-electron chi connectivity index (χ3n) is 5.30. The van der Waals surface area contributed by atoms with E-state index in [0.29, 0.717) is 0 Å². The van der Waals surface area contributed by atoms with Crippen LogP contribution in [0.2, 0.25) is 0 Å². The first-order chi connectivity index (χ1) is 11.1. The Bertz CT molecular complexity index is 548. The highest BCUT2D eigenvalue weighted by Crippen LogP contribution is 2.28. The van der Waals surface area contributed by atoms with Crippen molar-refractivity contribution < 1.29 is 4.79 Å². The predicted octanol–water partition coefficient (Wildman–Crippen LogP) is 0.867. The van der Waals surface area contributed by atoms with Crippen LogP contribution in [-0.4, -0.2) is 57.1 Å². The molecule has 2 fully saturated rings. The average molecular weight is 316 g/mol. The van der Waals surface area contributed by atoms with E-state index in [1.54, 1.807) is 0 Å². The second-order valence-electron chi connectivity index (χ2n) is 6.86. The highest BCUT2D eigenvalue weighted by atomic mass is 16.1. The van der Waals surface area contributed by atoms with Gasteiger partial charge in [-0.2, -0.15) is 0 Å². The van der Waals surface area contributed by atoms with Crippen molar-refractivity contribution in [3.05, 3.63) is 29.8 Å². The van der Waals surface area contributed by atoms with Gasteiger partial charge in [0, 0.05) is 68.5 Å². The molecule has 2 saturated heterocycles. The first-order valence-corrected chi connectivity index (χ1v) is 8.66. The number of nitrogens with one attached hydrogen (secondary N) is 3. The molecule has 0 amide bonds. The number of hydrogen-bond acceptors (Lipinski definition) is 5. The zero-order valence-electron chi connectivity index (χ0n) is 14.2. The summed E-state index contributed by atoms with van der Waals surface area (Å²) in [6.07, 6.45) is 0. The fourth-order valence-electron chi connectivity index (χ4n) is 3.54. The number of carbonyl (C=O) groups excluding carboxylic acids is 1. The van der Waals surface area contributed by atoms with Crippen LogP contribution < -0.4 is 20.9 Å². The average Bonchev–Trinajstić information content (AvgIpc) is 2.62. The van der Waals surface area contributed by atoms with Crippen molar-refractivity contribution in [2.24, 2.45) is 5.92 Å². The summed E-state index contributed by atoms with van der Waals surface area (Å²) in [5.74, 6) is 0.164. The Hall–Kier alpha value is -1.43. The Morgan fingerprint density at radius 1 is 1.13 bits per heavy atom. The van der Waals surface area contributed by atoms with Gasteiger partial charge in [0.1, 0.15) is 0 Å². The summed E-state index contributed by atoms with van der Waals surface area (Å²) in [5, 5.41) is 10.3. The van der Waals surface area contributed by atoms with E-state index in [1.807, 2.05) is 18.2 Å². The molecule has 0 spiro atoms. The molecule has 0 saturated carbocycles. The number of para-hydroxylation sites is 1. The molecule has 3 rings (SSSR count). The van der Waals surface area contributed by atoms with Crippen LogP contribution in [0.15, 0.2) is 24.3 Å². The molecule has 2 heterocycles. The minimum absolute atomic E-state index is 0.0700. The fraction of sp³-hybridized carbons (Fsp3) is 0.611. The lowest BCUT2D eigenvalue weighted by atomic mass is 9.80. The van der Waals surface area contributed by atoms with Crippen LogP contribution in [0.4, 0.5) is 5.69 Å². The van der Waals surface area contributed by atoms with E-state index in [-0.39, 0.29) is 17.2 Å². The van der Waals surface area contributed by atoms with E-state index in [4.69, 9.17) is 0 Å². The highest BCUT2D eigenvalue weighted by Gasteiger charge is 2.37. The van der Waals surface area contributed by atoms with E-state index in [2.05, 4.69) is 40.8 Å². The fourth-order valence-corrected chi connectivity index (χ4v) is 3.54. The van der Waals surface area contributed by atoms with Crippen LogP contribution in [0.1, 0.15) is 24.2 Å². The van der Waals surface area contributed by atoms with Gasteiger partial charge in [-0.25, -0.2) is 0 Å². The topological polar surface area (TPSA) is 56.4 Å². The molecule has 3 N–H and O–H groups in total. The van der Waals surface area contributed by atoms with Crippen molar-refractivity contribution in [1.29, 1.82) is 0 Å². The second kappa shape index (κ2) is 6.99.